The molecule has 1 unspecified atom stereocenters. The summed E-state index contributed by atoms with van der Waals surface area (Å²) in [5, 5.41) is 0. The molecule has 0 aromatic carbocycles. The first-order chi connectivity index (χ1) is 5.54. The Morgan fingerprint density at radius 3 is 2.25 bits per heavy atom. The van der Waals surface area contributed by atoms with Crippen LogP contribution in [0.5, 0.6) is 0 Å². The molecule has 72 valence electrons. The zero-order valence-electron chi connectivity index (χ0n) is 8.63. The lowest BCUT2D eigenvalue weighted by Crippen LogP contribution is -2.39. The van der Waals surface area contributed by atoms with Crippen molar-refractivity contribution < 1.29 is 9.53 Å². The maximum absolute atomic E-state index is 11.1. The van der Waals surface area contributed by atoms with Crippen LogP contribution in [0.2, 0.25) is 0 Å². The summed E-state index contributed by atoms with van der Waals surface area (Å²) in [6, 6.07) is 0.275. The van der Waals surface area contributed by atoms with Gasteiger partial charge in [0.15, 0.2) is 0 Å². The highest BCUT2D eigenvalue weighted by Gasteiger charge is 2.21. The van der Waals surface area contributed by atoms with Gasteiger partial charge in [0, 0.05) is 13.1 Å². The molecule has 0 N–H and O–H groups in total. The molecule has 0 bridgehead atoms. The zero-order chi connectivity index (χ0) is 9.72. The van der Waals surface area contributed by atoms with Crippen molar-refractivity contribution in [3.63, 3.8) is 0 Å². The van der Waals surface area contributed by atoms with Crippen LogP contribution < -0.4 is 0 Å². The Bertz CT molecular complexity index is 145. The van der Waals surface area contributed by atoms with E-state index in [4.69, 9.17) is 0 Å². The molecular weight excluding hydrogens is 154 g/mol. The van der Waals surface area contributed by atoms with Crippen LogP contribution in [0, 0.1) is 5.92 Å². The molecule has 3 nitrogen and oxygen atoms in total. The van der Waals surface area contributed by atoms with Gasteiger partial charge in [0.05, 0.1) is 7.11 Å². The summed E-state index contributed by atoms with van der Waals surface area (Å²) in [7, 11) is 3.19. The van der Waals surface area contributed by atoms with Crippen LogP contribution in [0.25, 0.3) is 0 Å². The number of nitrogens with zero attached hydrogens (tertiary/aromatic N) is 1. The minimum Gasteiger partial charge on any atom is -0.453 e. The molecule has 0 rings (SSSR count). The molecule has 1 atom stereocenters. The summed E-state index contributed by atoms with van der Waals surface area (Å²) in [6.45, 7) is 6.28. The largest absolute Gasteiger partial charge is 0.453 e. The van der Waals surface area contributed by atoms with E-state index in [-0.39, 0.29) is 12.1 Å². The van der Waals surface area contributed by atoms with Crippen molar-refractivity contribution in [3.8, 4) is 0 Å². The second kappa shape index (κ2) is 5.01. The molecule has 0 aliphatic carbocycles. The molecule has 12 heavy (non-hydrogen) atoms. The topological polar surface area (TPSA) is 29.5 Å². The van der Waals surface area contributed by atoms with Crippen molar-refractivity contribution >= 4 is 6.09 Å². The fourth-order valence-electron chi connectivity index (χ4n) is 1.47. The second-order valence-electron chi connectivity index (χ2n) is 3.30. The van der Waals surface area contributed by atoms with E-state index < -0.39 is 0 Å². The average Bonchev–Trinajstić information content (AvgIpc) is 2.03. The van der Waals surface area contributed by atoms with Crippen LogP contribution in [-0.2, 0) is 4.74 Å². The number of hydrogen-bond acceptors (Lipinski definition) is 2. The Labute approximate surface area is 74.7 Å². The quantitative estimate of drug-likeness (QED) is 0.654. The van der Waals surface area contributed by atoms with E-state index in [1.807, 2.05) is 0 Å². The van der Waals surface area contributed by atoms with Gasteiger partial charge in [0.1, 0.15) is 0 Å². The van der Waals surface area contributed by atoms with Gasteiger partial charge < -0.3 is 9.64 Å². The highest BCUT2D eigenvalue weighted by Crippen LogP contribution is 2.13. The summed E-state index contributed by atoms with van der Waals surface area (Å²) >= 11 is 0. The summed E-state index contributed by atoms with van der Waals surface area (Å²) in [4.78, 5) is 12.8. The minimum atomic E-state index is -0.254. The highest BCUT2D eigenvalue weighted by molar-refractivity contribution is 5.67. The molecule has 0 radical (unpaired) electrons. The van der Waals surface area contributed by atoms with Gasteiger partial charge in [0.25, 0.3) is 0 Å². The summed E-state index contributed by atoms with van der Waals surface area (Å²) in [5.74, 6) is 0.471. The third kappa shape index (κ3) is 2.72. The van der Waals surface area contributed by atoms with Gasteiger partial charge in [-0.15, -0.1) is 0 Å². The normalized spacial score (nSPS) is 12.8. The molecule has 3 heteroatoms. The molecular formula is C9H19NO2. The van der Waals surface area contributed by atoms with Crippen molar-refractivity contribution in [1.29, 1.82) is 0 Å². The van der Waals surface area contributed by atoms with E-state index >= 15 is 0 Å². The van der Waals surface area contributed by atoms with Crippen LogP contribution in [0.3, 0.4) is 0 Å². The molecule has 0 spiro atoms. The van der Waals surface area contributed by atoms with E-state index in [2.05, 4.69) is 25.5 Å². The Morgan fingerprint density at radius 2 is 2.00 bits per heavy atom. The summed E-state index contributed by atoms with van der Waals surface area (Å²) in [6.07, 6.45) is 0.707. The number of carbonyl (C=O) groups excluding carboxylic acids is 1. The van der Waals surface area contributed by atoms with Gasteiger partial charge >= 0.3 is 6.09 Å². The lowest BCUT2D eigenvalue weighted by molar-refractivity contribution is 0.105. The van der Waals surface area contributed by atoms with Gasteiger partial charge in [-0.1, -0.05) is 20.8 Å². The second-order valence-corrected chi connectivity index (χ2v) is 3.30. The first-order valence-electron chi connectivity index (χ1n) is 4.35. The molecule has 0 aliphatic rings. The smallest absolute Gasteiger partial charge is 0.409 e. The Morgan fingerprint density at radius 1 is 1.50 bits per heavy atom. The van der Waals surface area contributed by atoms with E-state index in [1.54, 1.807) is 11.9 Å². The Kier molecular flexibility index (Phi) is 4.71. The fourth-order valence-corrected chi connectivity index (χ4v) is 1.47. The molecule has 0 aliphatic heterocycles. The predicted octanol–water partition coefficient (Wildman–Crippen LogP) is 2.12. The van der Waals surface area contributed by atoms with Gasteiger partial charge in [0.2, 0.25) is 0 Å². The molecule has 0 aromatic heterocycles. The van der Waals surface area contributed by atoms with Gasteiger partial charge in [-0.2, -0.15) is 0 Å². The van der Waals surface area contributed by atoms with Crippen molar-refractivity contribution in [3.05, 3.63) is 0 Å². The van der Waals surface area contributed by atoms with Crippen molar-refractivity contribution in [2.75, 3.05) is 14.2 Å². The van der Waals surface area contributed by atoms with Crippen LogP contribution in [-0.4, -0.2) is 31.2 Å². The standard InChI is InChI=1S/C9H19NO2/c1-6-8(7(2)3)10(4)9(11)12-5/h7-8H,6H2,1-5H3. The fraction of sp³-hybridized carbons (Fsp3) is 0.889. The SMILES string of the molecule is CCC(C(C)C)N(C)C(=O)OC. The van der Waals surface area contributed by atoms with E-state index in [0.717, 1.165) is 6.42 Å². The molecule has 0 saturated heterocycles. The summed E-state index contributed by atoms with van der Waals surface area (Å²) in [5.41, 5.74) is 0. The number of amides is 1. The highest BCUT2D eigenvalue weighted by atomic mass is 16.5. The van der Waals surface area contributed by atoms with Gasteiger partial charge in [-0.05, 0) is 12.3 Å². The van der Waals surface area contributed by atoms with E-state index in [0.29, 0.717) is 5.92 Å². The number of methoxy groups -OCH3 is 1. The molecule has 0 saturated carbocycles. The minimum absolute atomic E-state index is 0.254. The first kappa shape index (κ1) is 11.3. The molecule has 1 amide bonds. The maximum atomic E-state index is 11.1. The Hall–Kier alpha value is -0.730. The van der Waals surface area contributed by atoms with Gasteiger partial charge in [-0.3, -0.25) is 0 Å². The molecule has 0 aromatic rings. The number of hydrogen-bond donors (Lipinski definition) is 0. The van der Waals surface area contributed by atoms with Crippen LogP contribution in [0.15, 0.2) is 0 Å². The molecule has 0 fully saturated rings. The average molecular weight is 173 g/mol. The summed E-state index contributed by atoms with van der Waals surface area (Å²) < 4.78 is 4.63. The van der Waals surface area contributed by atoms with Crippen LogP contribution >= 0.6 is 0 Å². The van der Waals surface area contributed by atoms with Crippen molar-refractivity contribution in [2.24, 2.45) is 5.92 Å². The van der Waals surface area contributed by atoms with Crippen molar-refractivity contribution in [1.82, 2.24) is 4.90 Å². The van der Waals surface area contributed by atoms with E-state index in [1.165, 1.54) is 7.11 Å². The third-order valence-corrected chi connectivity index (χ3v) is 2.15. The van der Waals surface area contributed by atoms with Crippen LogP contribution in [0.4, 0.5) is 4.79 Å². The van der Waals surface area contributed by atoms with Crippen LogP contribution in [0.1, 0.15) is 27.2 Å². The zero-order valence-corrected chi connectivity index (χ0v) is 8.63. The number of ether oxygens (including phenoxy) is 1. The van der Waals surface area contributed by atoms with Gasteiger partial charge in [-0.25, -0.2) is 4.79 Å². The first-order valence-corrected chi connectivity index (χ1v) is 4.35. The lowest BCUT2D eigenvalue weighted by Gasteiger charge is -2.28. The lowest BCUT2D eigenvalue weighted by atomic mass is 10.0. The van der Waals surface area contributed by atoms with E-state index in [9.17, 15) is 4.79 Å². The maximum Gasteiger partial charge on any atom is 0.409 e. The monoisotopic (exact) mass is 173 g/mol. The third-order valence-electron chi connectivity index (χ3n) is 2.15. The molecule has 0 heterocycles. The number of rotatable bonds is 3. The Balaban J connectivity index is 4.20. The number of carbonyl (C=O) groups is 1. The predicted molar refractivity (Wildman–Crippen MR) is 49.1 cm³/mol. The van der Waals surface area contributed by atoms with Crippen molar-refractivity contribution in [2.45, 2.75) is 33.2 Å².